The summed E-state index contributed by atoms with van der Waals surface area (Å²) in [7, 11) is 0. The van der Waals surface area contributed by atoms with Gasteiger partial charge in [-0.3, -0.25) is 5.41 Å². The molecule has 0 aromatic carbocycles. The zero-order valence-corrected chi connectivity index (χ0v) is 7.64. The molecule has 0 aromatic rings. The van der Waals surface area contributed by atoms with E-state index in [0.717, 1.165) is 0 Å². The molecule has 0 aromatic heterocycles. The number of nitrogens with zero attached hydrogens (tertiary/aromatic N) is 3. The van der Waals surface area contributed by atoms with Crippen LogP contribution in [0, 0.1) is 5.41 Å². The summed E-state index contributed by atoms with van der Waals surface area (Å²) in [4.78, 5) is 0. The van der Waals surface area contributed by atoms with E-state index in [1.54, 1.807) is 12.4 Å². The second-order valence-corrected chi connectivity index (χ2v) is 2.24. The number of unbranched alkanes of at least 4 members (excludes halogenated alkanes) is 1. The van der Waals surface area contributed by atoms with Crippen molar-refractivity contribution in [1.29, 1.82) is 5.41 Å². The molecule has 0 radical (unpaired) electrons. The summed E-state index contributed by atoms with van der Waals surface area (Å²) in [6, 6.07) is 0. The van der Waals surface area contributed by atoms with Crippen LogP contribution >= 0.6 is 0 Å². The molecule has 0 aliphatic carbocycles. The van der Waals surface area contributed by atoms with Gasteiger partial charge in [-0.1, -0.05) is 0 Å². The number of nitrogens with one attached hydrogen (secondary N) is 2. The van der Waals surface area contributed by atoms with Crippen molar-refractivity contribution in [2.24, 2.45) is 32.5 Å². The van der Waals surface area contributed by atoms with Crippen molar-refractivity contribution >= 4 is 24.3 Å². The lowest BCUT2D eigenvalue weighted by Gasteiger charge is -1.91. The molecule has 8 N–H and O–H groups in total. The van der Waals surface area contributed by atoms with Crippen LogP contribution in [0.3, 0.4) is 0 Å². The van der Waals surface area contributed by atoms with E-state index < -0.39 is 0 Å². The monoisotopic (exact) mass is 198 g/mol. The smallest absolute Gasteiger partial charge is 0.211 e. The highest BCUT2D eigenvalue weighted by atomic mass is 15.3. The lowest BCUT2D eigenvalue weighted by molar-refractivity contribution is 0.986. The first kappa shape index (κ1) is 11.9. The third-order valence-corrected chi connectivity index (χ3v) is 0.956. The van der Waals surface area contributed by atoms with Crippen molar-refractivity contribution in [1.82, 2.24) is 5.43 Å². The van der Waals surface area contributed by atoms with Gasteiger partial charge in [0.05, 0.1) is 0 Å². The van der Waals surface area contributed by atoms with Gasteiger partial charge in [0.25, 0.3) is 0 Å². The van der Waals surface area contributed by atoms with E-state index in [0.29, 0.717) is 12.8 Å². The van der Waals surface area contributed by atoms with Crippen LogP contribution in [0.5, 0.6) is 0 Å². The Morgan fingerprint density at radius 2 is 1.86 bits per heavy atom. The highest BCUT2D eigenvalue weighted by molar-refractivity contribution is 5.76. The van der Waals surface area contributed by atoms with E-state index in [1.165, 1.54) is 0 Å². The third kappa shape index (κ3) is 9.88. The summed E-state index contributed by atoms with van der Waals surface area (Å²) in [5.41, 5.74) is 17.3. The van der Waals surface area contributed by atoms with Gasteiger partial charge in [0.1, 0.15) is 0 Å². The highest BCUT2D eigenvalue weighted by Crippen LogP contribution is 1.80. The molecule has 0 bridgehead atoms. The number of hydrogen-bond acceptors (Lipinski definition) is 4. The molecule has 8 nitrogen and oxygen atoms in total. The standard InChI is InChI=1S/C6H14N8/c7-5(8)13-11-3-1-2-4-12-14-6(9)10/h3-4H,1-2H2,(H4,7,8,13)(H4,9,10,14). The lowest BCUT2D eigenvalue weighted by atomic mass is 10.4. The van der Waals surface area contributed by atoms with Crippen LogP contribution in [0.1, 0.15) is 12.8 Å². The predicted octanol–water partition coefficient (Wildman–Crippen LogP) is -1.51. The number of guanidine groups is 2. The van der Waals surface area contributed by atoms with E-state index in [-0.39, 0.29) is 11.9 Å². The maximum Gasteiger partial charge on any atom is 0.211 e. The minimum atomic E-state index is -0.199. The summed E-state index contributed by atoms with van der Waals surface area (Å²) in [6.45, 7) is 0. The molecule has 0 fully saturated rings. The minimum Gasteiger partial charge on any atom is -0.369 e. The summed E-state index contributed by atoms with van der Waals surface area (Å²) in [5.74, 6) is -0.274. The molecule has 0 heterocycles. The summed E-state index contributed by atoms with van der Waals surface area (Å²) < 4.78 is 0. The third-order valence-electron chi connectivity index (χ3n) is 0.956. The van der Waals surface area contributed by atoms with Crippen LogP contribution < -0.4 is 22.6 Å². The Labute approximate surface area is 81.4 Å². The molecule has 8 heteroatoms. The van der Waals surface area contributed by atoms with Crippen molar-refractivity contribution in [2.75, 3.05) is 0 Å². The average molecular weight is 198 g/mol. The van der Waals surface area contributed by atoms with Crippen LogP contribution in [-0.2, 0) is 0 Å². The first-order valence-corrected chi connectivity index (χ1v) is 3.85. The number of hydrogen-bond donors (Lipinski definition) is 5. The minimum absolute atomic E-state index is 0.0758. The maximum absolute atomic E-state index is 6.77. The Bertz CT molecular complexity index is 249. The van der Waals surface area contributed by atoms with Crippen molar-refractivity contribution in [3.05, 3.63) is 0 Å². The predicted molar refractivity (Wildman–Crippen MR) is 57.1 cm³/mol. The van der Waals surface area contributed by atoms with Crippen LogP contribution in [0.25, 0.3) is 0 Å². The van der Waals surface area contributed by atoms with Crippen molar-refractivity contribution < 1.29 is 0 Å². The van der Waals surface area contributed by atoms with Crippen molar-refractivity contribution in [3.63, 3.8) is 0 Å². The van der Waals surface area contributed by atoms with E-state index in [4.69, 9.17) is 22.6 Å². The fourth-order valence-electron chi connectivity index (χ4n) is 0.494. The quantitative estimate of drug-likeness (QED) is 0.158. The second kappa shape index (κ2) is 7.53. The van der Waals surface area contributed by atoms with Crippen LogP contribution in [0.2, 0.25) is 0 Å². The molecule has 0 saturated carbocycles. The van der Waals surface area contributed by atoms with E-state index >= 15 is 0 Å². The van der Waals surface area contributed by atoms with E-state index in [9.17, 15) is 0 Å². The first-order valence-electron chi connectivity index (χ1n) is 3.85. The van der Waals surface area contributed by atoms with Gasteiger partial charge in [-0.15, -0.1) is 5.10 Å². The highest BCUT2D eigenvalue weighted by Gasteiger charge is 1.80. The second-order valence-electron chi connectivity index (χ2n) is 2.24. The molecule has 0 spiro atoms. The molecule has 0 aliphatic rings. The van der Waals surface area contributed by atoms with Gasteiger partial charge < -0.3 is 17.2 Å². The fraction of sp³-hybridized carbons (Fsp3) is 0.333. The molecule has 0 amide bonds. The van der Waals surface area contributed by atoms with Gasteiger partial charge in [-0.25, -0.2) is 5.43 Å². The van der Waals surface area contributed by atoms with Crippen molar-refractivity contribution in [3.8, 4) is 0 Å². The Morgan fingerprint density at radius 3 is 2.43 bits per heavy atom. The zero-order chi connectivity index (χ0) is 10.8. The van der Waals surface area contributed by atoms with Gasteiger partial charge >= 0.3 is 0 Å². The van der Waals surface area contributed by atoms with Crippen LogP contribution in [-0.4, -0.2) is 24.3 Å². The molecular formula is C6H14N8. The number of hydrazone groups is 1. The molecule has 14 heavy (non-hydrogen) atoms. The van der Waals surface area contributed by atoms with Gasteiger partial charge in [0.15, 0.2) is 0 Å². The normalized spacial score (nSPS) is 10.6. The Kier molecular flexibility index (Phi) is 6.39. The van der Waals surface area contributed by atoms with E-state index in [2.05, 4.69) is 20.7 Å². The van der Waals surface area contributed by atoms with Crippen molar-refractivity contribution in [2.45, 2.75) is 12.8 Å². The largest absolute Gasteiger partial charge is 0.369 e. The lowest BCUT2D eigenvalue weighted by Crippen LogP contribution is -2.25. The maximum atomic E-state index is 6.77. The summed E-state index contributed by atoms with van der Waals surface area (Å²) in [5, 5.41) is 17.4. The van der Waals surface area contributed by atoms with Crippen LogP contribution in [0.4, 0.5) is 0 Å². The number of rotatable bonds is 5. The SMILES string of the molecule is N=C(N)NN=CCCC=NN=C(N)N. The van der Waals surface area contributed by atoms with Gasteiger partial charge in [-0.2, -0.15) is 10.2 Å². The Balaban J connectivity index is 3.46. The molecule has 0 saturated heterocycles. The average Bonchev–Trinajstić information content (AvgIpc) is 2.08. The molecule has 78 valence electrons. The van der Waals surface area contributed by atoms with Crippen LogP contribution in [0.15, 0.2) is 15.3 Å². The summed E-state index contributed by atoms with van der Waals surface area (Å²) in [6.07, 6.45) is 4.44. The van der Waals surface area contributed by atoms with Gasteiger partial charge in [0, 0.05) is 12.4 Å². The zero-order valence-electron chi connectivity index (χ0n) is 7.64. The Morgan fingerprint density at radius 1 is 1.21 bits per heavy atom. The molecule has 0 aliphatic heterocycles. The Hall–Kier alpha value is -2.12. The molecule has 0 rings (SSSR count). The molecular weight excluding hydrogens is 184 g/mol. The summed E-state index contributed by atoms with van der Waals surface area (Å²) >= 11 is 0. The fourth-order valence-corrected chi connectivity index (χ4v) is 0.494. The molecule has 0 unspecified atom stereocenters. The number of nitrogens with two attached hydrogens (primary N) is 3. The van der Waals surface area contributed by atoms with Gasteiger partial charge in [-0.05, 0) is 12.8 Å². The first-order chi connectivity index (χ1) is 6.63. The molecule has 0 atom stereocenters. The van der Waals surface area contributed by atoms with E-state index in [1.807, 2.05) is 0 Å². The van der Waals surface area contributed by atoms with Gasteiger partial charge in [0.2, 0.25) is 11.9 Å². The topological polar surface area (TPSA) is 151 Å².